The fraction of sp³-hybridized carbons (Fsp3) is 0.615. The number of phosphoric acid groups is 3. The first-order valence-electron chi connectivity index (χ1n) is 15.5. The molecular formula is C26H38Li4N7O17P3S. The minimum atomic E-state index is -5.91. The van der Waals surface area contributed by atoms with Gasteiger partial charge < -0.3 is 69.0 Å². The van der Waals surface area contributed by atoms with Crippen LogP contribution in [0.3, 0.4) is 0 Å². The molecule has 0 saturated carbocycles. The van der Waals surface area contributed by atoms with Gasteiger partial charge in [0, 0.05) is 30.7 Å². The van der Waals surface area contributed by atoms with Gasteiger partial charge in [0.25, 0.3) is 15.6 Å². The van der Waals surface area contributed by atoms with Crippen LogP contribution in [0.1, 0.15) is 40.3 Å². The Labute approximate surface area is 384 Å². The molecule has 3 heterocycles. The van der Waals surface area contributed by atoms with Crippen molar-refractivity contribution in [2.75, 3.05) is 37.8 Å². The molecule has 1 fully saturated rings. The number of aliphatic hydroxyl groups is 2. The number of aromatic nitrogens is 4. The normalized spacial score (nSPS) is 20.4. The first-order chi connectivity index (χ1) is 24.9. The van der Waals surface area contributed by atoms with Crippen LogP contribution in [0.4, 0.5) is 5.82 Å². The number of anilines is 1. The van der Waals surface area contributed by atoms with E-state index in [0.29, 0.717) is 5.75 Å². The molecule has 0 spiro atoms. The fourth-order valence-electron chi connectivity index (χ4n) is 4.54. The van der Waals surface area contributed by atoms with Gasteiger partial charge in [0.2, 0.25) is 16.9 Å². The van der Waals surface area contributed by atoms with E-state index >= 15 is 0 Å². The molecule has 0 bridgehead atoms. The van der Waals surface area contributed by atoms with E-state index in [-0.39, 0.29) is 117 Å². The second-order valence-corrected chi connectivity index (χ2v) is 17.5. The Bertz CT molecular complexity index is 1860. The number of carbonyl (C=O) groups is 3. The van der Waals surface area contributed by atoms with Crippen LogP contribution in [-0.2, 0) is 50.7 Å². The number of phosphoric ester groups is 3. The number of amides is 2. The molecule has 1 saturated heterocycles. The van der Waals surface area contributed by atoms with Crippen LogP contribution in [0.25, 0.3) is 11.2 Å². The number of fused-ring (bicyclic) bond motifs is 1. The molecule has 1 aliphatic rings. The van der Waals surface area contributed by atoms with E-state index in [9.17, 15) is 57.9 Å². The third-order valence-corrected chi connectivity index (χ3v) is 11.0. The van der Waals surface area contributed by atoms with Crippen LogP contribution >= 0.6 is 35.2 Å². The number of carbonyl (C=O) groups excluding carboxylic acids is 3. The van der Waals surface area contributed by atoms with Crippen molar-refractivity contribution in [3.63, 3.8) is 0 Å². The molecule has 3 rings (SSSR count). The molecule has 24 nitrogen and oxygen atoms in total. The van der Waals surface area contributed by atoms with Crippen molar-refractivity contribution in [1.82, 2.24) is 30.2 Å². The molecule has 0 aliphatic carbocycles. The molecule has 0 radical (unpaired) electrons. The second kappa shape index (κ2) is 25.7. The summed E-state index contributed by atoms with van der Waals surface area (Å²) in [5.41, 5.74) is 4.90. The zero-order valence-corrected chi connectivity index (χ0v) is 36.5. The number of nitrogen functional groups attached to an aromatic ring is 1. The van der Waals surface area contributed by atoms with Crippen LogP contribution in [0.5, 0.6) is 0 Å². The molecule has 2 aromatic rings. The van der Waals surface area contributed by atoms with Gasteiger partial charge in [-0.05, 0) is 19.9 Å². The van der Waals surface area contributed by atoms with Crippen LogP contribution in [0.15, 0.2) is 24.3 Å². The molecule has 7 atom stereocenters. The number of nitrogens with zero attached hydrogens (tertiary/aromatic N) is 4. The van der Waals surface area contributed by atoms with Gasteiger partial charge in [0.1, 0.15) is 36.3 Å². The maximum absolute atomic E-state index is 12.5. The van der Waals surface area contributed by atoms with Crippen LogP contribution in [0, 0.1) is 5.41 Å². The Balaban J connectivity index is 0. The molecule has 32 heteroatoms. The Morgan fingerprint density at radius 3 is 2.26 bits per heavy atom. The molecule has 2 aromatic heterocycles. The molecule has 6 N–H and O–H groups in total. The van der Waals surface area contributed by atoms with Crippen LogP contribution < -0.4 is 111 Å². The fourth-order valence-corrected chi connectivity index (χ4v) is 8.00. The van der Waals surface area contributed by atoms with Crippen LogP contribution in [-0.4, -0.2) is 103 Å². The van der Waals surface area contributed by atoms with Crippen molar-refractivity contribution < 1.29 is 156 Å². The third kappa shape index (κ3) is 19.0. The van der Waals surface area contributed by atoms with E-state index in [0.717, 1.165) is 34.6 Å². The molecule has 304 valence electrons. The average molecular weight is 873 g/mol. The SMILES string of the molecule is CC(C)=CC(=O)SCCNC(=O)CCNC(=O)C(O)C(C)(C)COP(=O)([O-])OP(=O)([O-])OCC1OC(n2cnc3c(N)ncnc32)C(O)C1OP(=O)([O-])[O-].[Li+].[Li+].[Li+].[Li+]. The van der Waals surface area contributed by atoms with Gasteiger partial charge in [-0.2, -0.15) is 0 Å². The van der Waals surface area contributed by atoms with Crippen molar-refractivity contribution in [2.45, 2.75) is 64.8 Å². The molecular weight excluding hydrogens is 835 g/mol. The quantitative estimate of drug-likeness (QED) is 0.0357. The second-order valence-electron chi connectivity index (χ2n) is 12.4. The maximum Gasteiger partial charge on any atom is 1.00 e. The number of allylic oxidation sites excluding steroid dienone is 1. The molecule has 2 amide bonds. The van der Waals surface area contributed by atoms with Crippen LogP contribution in [0.2, 0.25) is 0 Å². The number of aliphatic hydroxyl groups excluding tert-OH is 2. The summed E-state index contributed by atoms with van der Waals surface area (Å²) < 4.78 is 60.4. The number of nitrogens with two attached hydrogens (primary N) is 1. The van der Waals surface area contributed by atoms with E-state index in [2.05, 4.69) is 43.5 Å². The minimum absolute atomic E-state index is 0. The van der Waals surface area contributed by atoms with Gasteiger partial charge in [0.15, 0.2) is 17.7 Å². The summed E-state index contributed by atoms with van der Waals surface area (Å²) >= 11 is 1.01. The first kappa shape index (κ1) is 59.8. The smallest absolute Gasteiger partial charge is 0.790 e. The predicted molar refractivity (Wildman–Crippen MR) is 178 cm³/mol. The summed E-state index contributed by atoms with van der Waals surface area (Å²) in [5, 5.41) is 26.0. The number of ether oxygens (including phenoxy) is 1. The number of nitrogens with one attached hydrogen (secondary N) is 2. The summed E-state index contributed by atoms with van der Waals surface area (Å²) in [4.78, 5) is 95.4. The van der Waals surface area contributed by atoms with E-state index in [1.54, 1.807) is 13.8 Å². The summed E-state index contributed by atoms with van der Waals surface area (Å²) in [7, 11) is -17.6. The van der Waals surface area contributed by atoms with E-state index in [1.807, 2.05) is 0 Å². The average Bonchev–Trinajstić information content (AvgIpc) is 3.60. The Hall–Kier alpha value is -0.310. The Kier molecular flexibility index (Phi) is 26.5. The van der Waals surface area contributed by atoms with Crippen molar-refractivity contribution in [1.29, 1.82) is 0 Å². The van der Waals surface area contributed by atoms with Crippen molar-refractivity contribution >= 4 is 69.1 Å². The summed E-state index contributed by atoms with van der Waals surface area (Å²) in [5.74, 6) is -1.24. The molecule has 7 unspecified atom stereocenters. The monoisotopic (exact) mass is 873 g/mol. The number of rotatable bonds is 20. The standard InChI is InChI=1S/C26H42N7O17P3S.4Li/c1-14(2)9-17(35)54-8-7-28-16(34)5-6-29-24(38)21(37)26(3,4)11-47-53(44,45)50-52(42,43)46-10-15-20(49-51(39,40)41)19(36)25(48-15)33-13-32-18-22(27)30-12-31-23(18)33;;;;/h9,12-13,15,19-21,25,36-37H,5-8,10-11H2,1-4H3,(H,28,34)(H,29,38)(H,42,43)(H,44,45)(H2,27,30,31)(H2,39,40,41);;;;/q;4*+1/p-4. The summed E-state index contributed by atoms with van der Waals surface area (Å²) in [6.07, 6.45) is -6.13. The maximum atomic E-state index is 12.5. The summed E-state index contributed by atoms with van der Waals surface area (Å²) in [6, 6.07) is 0. The van der Waals surface area contributed by atoms with Gasteiger partial charge in [0.05, 0.1) is 27.4 Å². The largest absolute Gasteiger partial charge is 1.00 e. The van der Waals surface area contributed by atoms with E-state index < -0.39 is 84.6 Å². The third-order valence-electron chi connectivity index (χ3n) is 7.13. The van der Waals surface area contributed by atoms with Gasteiger partial charge in [-0.3, -0.25) is 28.1 Å². The van der Waals surface area contributed by atoms with Gasteiger partial charge in [-0.25, -0.2) is 19.3 Å². The molecule has 1 aliphatic heterocycles. The van der Waals surface area contributed by atoms with Crippen molar-refractivity contribution in [3.05, 3.63) is 24.3 Å². The zero-order valence-electron chi connectivity index (χ0n) is 33.0. The van der Waals surface area contributed by atoms with Crippen molar-refractivity contribution in [3.8, 4) is 0 Å². The summed E-state index contributed by atoms with van der Waals surface area (Å²) in [6.45, 7) is 3.62. The molecule has 58 heavy (non-hydrogen) atoms. The zero-order chi connectivity index (χ0) is 40.6. The Morgan fingerprint density at radius 2 is 1.66 bits per heavy atom. The predicted octanol–water partition coefficient (Wildman–Crippen LogP) is -14.9. The molecule has 0 aromatic carbocycles. The van der Waals surface area contributed by atoms with Crippen molar-refractivity contribution in [2.24, 2.45) is 5.41 Å². The number of thioether (sulfide) groups is 1. The Morgan fingerprint density at radius 1 is 1.03 bits per heavy atom. The first-order valence-corrected chi connectivity index (χ1v) is 20.9. The number of imidazole rings is 1. The van der Waals surface area contributed by atoms with Gasteiger partial charge >= 0.3 is 75.4 Å². The van der Waals surface area contributed by atoms with Gasteiger partial charge in [-0.1, -0.05) is 31.2 Å². The van der Waals surface area contributed by atoms with E-state index in [4.69, 9.17) is 10.5 Å². The number of hydrogen-bond donors (Lipinski definition) is 5. The minimum Gasteiger partial charge on any atom is -0.790 e. The van der Waals surface area contributed by atoms with E-state index in [1.165, 1.54) is 19.9 Å². The van der Waals surface area contributed by atoms with Gasteiger partial charge in [-0.15, -0.1) is 0 Å². The topological polar surface area (TPSA) is 375 Å². The number of hydrogen-bond acceptors (Lipinski definition) is 22.